The minimum atomic E-state index is -4.36. The summed E-state index contributed by atoms with van der Waals surface area (Å²) >= 11 is 0. The Balaban J connectivity index is 2.14. The third-order valence-electron chi connectivity index (χ3n) is 4.07. The number of benzene rings is 1. The van der Waals surface area contributed by atoms with Crippen molar-refractivity contribution in [1.29, 1.82) is 0 Å². The molecule has 1 aliphatic rings. The summed E-state index contributed by atoms with van der Waals surface area (Å²) in [5, 5.41) is 0. The number of rotatable bonds is 6. The van der Waals surface area contributed by atoms with E-state index in [1.165, 1.54) is 12.1 Å². The van der Waals surface area contributed by atoms with Gasteiger partial charge in [0.1, 0.15) is 0 Å². The summed E-state index contributed by atoms with van der Waals surface area (Å²) in [5.41, 5.74) is -0.339. The number of carbonyl (C=O) groups is 1. The van der Waals surface area contributed by atoms with Crippen molar-refractivity contribution < 1.29 is 18.0 Å². The van der Waals surface area contributed by atoms with Crippen molar-refractivity contribution in [2.75, 3.05) is 13.1 Å². The predicted molar refractivity (Wildman–Crippen MR) is 79.5 cm³/mol. The SMILES string of the molecule is CCCN(CCC)C(=O)C1CC1c1ccccc1C(F)(F)F. The summed E-state index contributed by atoms with van der Waals surface area (Å²) in [6.45, 7) is 5.35. The lowest BCUT2D eigenvalue weighted by molar-refractivity contribution is -0.138. The van der Waals surface area contributed by atoms with E-state index in [9.17, 15) is 18.0 Å². The van der Waals surface area contributed by atoms with Crippen LogP contribution in [0.3, 0.4) is 0 Å². The van der Waals surface area contributed by atoms with E-state index in [0.29, 0.717) is 19.5 Å². The van der Waals surface area contributed by atoms with Crippen molar-refractivity contribution in [3.8, 4) is 0 Å². The summed E-state index contributed by atoms with van der Waals surface area (Å²) in [6.07, 6.45) is -2.11. The molecule has 1 amide bonds. The molecule has 1 fully saturated rings. The lowest BCUT2D eigenvalue weighted by Crippen LogP contribution is -2.34. The van der Waals surface area contributed by atoms with Crippen molar-refractivity contribution in [3.05, 3.63) is 35.4 Å². The first-order valence-electron chi connectivity index (χ1n) is 7.85. The second kappa shape index (κ2) is 6.71. The fraction of sp³-hybridized carbons (Fsp3) is 0.588. The van der Waals surface area contributed by atoms with E-state index >= 15 is 0 Å². The molecule has 2 unspecified atom stereocenters. The zero-order valence-corrected chi connectivity index (χ0v) is 13.0. The van der Waals surface area contributed by atoms with E-state index < -0.39 is 11.7 Å². The maximum absolute atomic E-state index is 13.1. The zero-order valence-electron chi connectivity index (χ0n) is 13.0. The van der Waals surface area contributed by atoms with Gasteiger partial charge in [-0.2, -0.15) is 13.2 Å². The second-order valence-electron chi connectivity index (χ2n) is 5.86. The molecule has 0 heterocycles. The van der Waals surface area contributed by atoms with Gasteiger partial charge in [-0.1, -0.05) is 32.0 Å². The molecule has 0 radical (unpaired) electrons. The molecule has 2 nitrogen and oxygen atoms in total. The number of alkyl halides is 3. The fourth-order valence-corrected chi connectivity index (χ4v) is 3.00. The topological polar surface area (TPSA) is 20.3 Å². The highest BCUT2D eigenvalue weighted by Gasteiger charge is 2.48. The van der Waals surface area contributed by atoms with E-state index in [2.05, 4.69) is 0 Å². The van der Waals surface area contributed by atoms with Crippen molar-refractivity contribution in [3.63, 3.8) is 0 Å². The molecule has 122 valence electrons. The molecule has 22 heavy (non-hydrogen) atoms. The Labute approximate surface area is 129 Å². The molecule has 2 rings (SSSR count). The first kappa shape index (κ1) is 16.8. The Morgan fingerprint density at radius 2 is 1.77 bits per heavy atom. The largest absolute Gasteiger partial charge is 0.416 e. The number of carbonyl (C=O) groups excluding carboxylic acids is 1. The van der Waals surface area contributed by atoms with Crippen LogP contribution in [0, 0.1) is 5.92 Å². The standard InChI is InChI=1S/C17H22F3NO/c1-3-9-21(10-4-2)16(22)14-11-13(14)12-7-5-6-8-15(12)17(18,19)20/h5-8,13-14H,3-4,9-11H2,1-2H3. The molecule has 1 aliphatic carbocycles. The highest BCUT2D eigenvalue weighted by atomic mass is 19.4. The number of halogens is 3. The maximum atomic E-state index is 13.1. The lowest BCUT2D eigenvalue weighted by atomic mass is 10.0. The van der Waals surface area contributed by atoms with Crippen LogP contribution in [-0.2, 0) is 11.0 Å². The van der Waals surface area contributed by atoms with Gasteiger partial charge < -0.3 is 4.90 Å². The molecule has 0 N–H and O–H groups in total. The monoisotopic (exact) mass is 313 g/mol. The molecular formula is C17H22F3NO. The maximum Gasteiger partial charge on any atom is 0.416 e. The molecule has 1 aromatic carbocycles. The molecule has 0 aliphatic heterocycles. The number of hydrogen-bond donors (Lipinski definition) is 0. The lowest BCUT2D eigenvalue weighted by Gasteiger charge is -2.22. The van der Waals surface area contributed by atoms with Gasteiger partial charge in [0, 0.05) is 19.0 Å². The molecule has 2 atom stereocenters. The number of amides is 1. The van der Waals surface area contributed by atoms with Crippen LogP contribution < -0.4 is 0 Å². The summed E-state index contributed by atoms with van der Waals surface area (Å²) in [6, 6.07) is 5.61. The van der Waals surface area contributed by atoms with Crippen LogP contribution in [0.2, 0.25) is 0 Å². The van der Waals surface area contributed by atoms with Crippen LogP contribution in [0.15, 0.2) is 24.3 Å². The highest BCUT2D eigenvalue weighted by Crippen LogP contribution is 2.51. The van der Waals surface area contributed by atoms with Crippen LogP contribution in [0.4, 0.5) is 13.2 Å². The van der Waals surface area contributed by atoms with Crippen molar-refractivity contribution in [2.24, 2.45) is 5.92 Å². The third kappa shape index (κ3) is 3.62. The van der Waals surface area contributed by atoms with E-state index in [1.807, 2.05) is 13.8 Å². The van der Waals surface area contributed by atoms with Gasteiger partial charge in [-0.15, -0.1) is 0 Å². The Morgan fingerprint density at radius 1 is 1.18 bits per heavy atom. The molecular weight excluding hydrogens is 291 g/mol. The number of hydrogen-bond acceptors (Lipinski definition) is 1. The Morgan fingerprint density at radius 3 is 2.32 bits per heavy atom. The zero-order chi connectivity index (χ0) is 16.3. The fourth-order valence-electron chi connectivity index (χ4n) is 3.00. The van der Waals surface area contributed by atoms with Crippen molar-refractivity contribution in [1.82, 2.24) is 4.90 Å². The van der Waals surface area contributed by atoms with Crippen LogP contribution in [0.1, 0.15) is 50.2 Å². The molecule has 1 aromatic rings. The van der Waals surface area contributed by atoms with Gasteiger partial charge in [0.05, 0.1) is 5.56 Å². The predicted octanol–water partition coefficient (Wildman–Crippen LogP) is 4.46. The molecule has 0 spiro atoms. The van der Waals surface area contributed by atoms with Crippen LogP contribution in [-0.4, -0.2) is 23.9 Å². The first-order valence-corrected chi connectivity index (χ1v) is 7.85. The minimum Gasteiger partial charge on any atom is -0.342 e. The van der Waals surface area contributed by atoms with Gasteiger partial charge in [-0.25, -0.2) is 0 Å². The van der Waals surface area contributed by atoms with Gasteiger partial charge in [-0.3, -0.25) is 4.79 Å². The van der Waals surface area contributed by atoms with Gasteiger partial charge in [0.2, 0.25) is 5.91 Å². The Bertz CT molecular complexity index is 521. The normalized spacial score (nSPS) is 20.8. The van der Waals surface area contributed by atoms with Gasteiger partial charge in [-0.05, 0) is 36.8 Å². The van der Waals surface area contributed by atoms with E-state index in [0.717, 1.165) is 18.9 Å². The van der Waals surface area contributed by atoms with Gasteiger partial charge in [0.25, 0.3) is 0 Å². The second-order valence-corrected chi connectivity index (χ2v) is 5.86. The molecule has 0 saturated heterocycles. The number of nitrogens with zero attached hydrogens (tertiary/aromatic N) is 1. The van der Waals surface area contributed by atoms with E-state index in [-0.39, 0.29) is 23.3 Å². The van der Waals surface area contributed by atoms with E-state index in [1.54, 1.807) is 11.0 Å². The molecule has 0 bridgehead atoms. The summed E-state index contributed by atoms with van der Waals surface area (Å²) in [4.78, 5) is 14.3. The summed E-state index contributed by atoms with van der Waals surface area (Å²) < 4.78 is 39.2. The molecule has 5 heteroatoms. The average molecular weight is 313 g/mol. The van der Waals surface area contributed by atoms with Gasteiger partial charge >= 0.3 is 6.18 Å². The van der Waals surface area contributed by atoms with Crippen molar-refractivity contribution in [2.45, 2.75) is 45.2 Å². The molecule has 0 aromatic heterocycles. The summed E-state index contributed by atoms with van der Waals surface area (Å²) in [5.74, 6) is -0.575. The Kier molecular flexibility index (Phi) is 5.14. The van der Waals surface area contributed by atoms with E-state index in [4.69, 9.17) is 0 Å². The van der Waals surface area contributed by atoms with Gasteiger partial charge in [0.15, 0.2) is 0 Å². The smallest absolute Gasteiger partial charge is 0.342 e. The molecule has 1 saturated carbocycles. The quantitative estimate of drug-likeness (QED) is 0.759. The third-order valence-corrected chi connectivity index (χ3v) is 4.07. The average Bonchev–Trinajstić information content (AvgIpc) is 3.26. The van der Waals surface area contributed by atoms with Crippen LogP contribution in [0.5, 0.6) is 0 Å². The minimum absolute atomic E-state index is 0.00526. The Hall–Kier alpha value is -1.52. The van der Waals surface area contributed by atoms with Crippen LogP contribution in [0.25, 0.3) is 0 Å². The first-order chi connectivity index (χ1) is 10.4. The summed E-state index contributed by atoms with van der Waals surface area (Å²) in [7, 11) is 0. The van der Waals surface area contributed by atoms with Crippen molar-refractivity contribution >= 4 is 5.91 Å². The van der Waals surface area contributed by atoms with Crippen LogP contribution >= 0.6 is 0 Å². The highest BCUT2D eigenvalue weighted by molar-refractivity contribution is 5.83.